The van der Waals surface area contributed by atoms with E-state index in [1.807, 2.05) is 51.1 Å². The Kier molecular flexibility index (Phi) is 7.25. The molecule has 140 valence electrons. The number of para-hydroxylation sites is 1. The molecule has 0 atom stereocenters. The van der Waals surface area contributed by atoms with Gasteiger partial charge >= 0.3 is 0 Å². The first-order chi connectivity index (χ1) is 12.9. The monoisotopic (exact) mass is 476 g/mol. The minimum Gasteiger partial charge on any atom is -0.492 e. The van der Waals surface area contributed by atoms with E-state index in [0.29, 0.717) is 23.7 Å². The number of nitrogens with zero attached hydrogens (tertiary/aromatic N) is 1. The fraction of sp³-hybridized carbons (Fsp3) is 0.238. The van der Waals surface area contributed by atoms with Gasteiger partial charge < -0.3 is 14.8 Å². The largest absolute Gasteiger partial charge is 0.492 e. The molecule has 0 saturated heterocycles. The molecule has 0 saturated carbocycles. The van der Waals surface area contributed by atoms with E-state index in [1.54, 1.807) is 19.3 Å². The number of aryl methyl sites for hydroxylation is 2. The number of methoxy groups -OCH3 is 1. The molecular weight excluding hydrogens is 455 g/mol. The van der Waals surface area contributed by atoms with Crippen molar-refractivity contribution in [3.8, 4) is 17.6 Å². The van der Waals surface area contributed by atoms with E-state index < -0.39 is 5.91 Å². The van der Waals surface area contributed by atoms with Crippen LogP contribution in [-0.4, -0.2) is 19.6 Å². The average molecular weight is 476 g/mol. The van der Waals surface area contributed by atoms with Crippen molar-refractivity contribution in [1.29, 1.82) is 5.26 Å². The van der Waals surface area contributed by atoms with Crippen molar-refractivity contribution >= 4 is 40.3 Å². The third-order valence-electron chi connectivity index (χ3n) is 3.93. The van der Waals surface area contributed by atoms with Gasteiger partial charge in [0.15, 0.2) is 11.5 Å². The predicted octanol–water partition coefficient (Wildman–Crippen LogP) is 4.86. The molecule has 2 rings (SSSR count). The summed E-state index contributed by atoms with van der Waals surface area (Å²) in [5.41, 5.74) is 3.32. The number of anilines is 1. The van der Waals surface area contributed by atoms with Gasteiger partial charge in [-0.25, -0.2) is 0 Å². The summed E-state index contributed by atoms with van der Waals surface area (Å²) >= 11 is 2.14. The van der Waals surface area contributed by atoms with Crippen molar-refractivity contribution in [2.75, 3.05) is 19.0 Å². The van der Waals surface area contributed by atoms with Gasteiger partial charge in [0.2, 0.25) is 0 Å². The molecule has 2 aromatic rings. The van der Waals surface area contributed by atoms with E-state index in [9.17, 15) is 10.1 Å². The zero-order chi connectivity index (χ0) is 20.0. The zero-order valence-electron chi connectivity index (χ0n) is 15.7. The van der Waals surface area contributed by atoms with Crippen LogP contribution in [0.1, 0.15) is 23.6 Å². The first kappa shape index (κ1) is 20.8. The zero-order valence-corrected chi connectivity index (χ0v) is 17.9. The van der Waals surface area contributed by atoms with Gasteiger partial charge in [0.1, 0.15) is 11.6 Å². The van der Waals surface area contributed by atoms with Crippen molar-refractivity contribution in [3.63, 3.8) is 0 Å². The van der Waals surface area contributed by atoms with Gasteiger partial charge in [-0.15, -0.1) is 0 Å². The number of nitriles is 1. The Morgan fingerprint density at radius 3 is 2.52 bits per heavy atom. The van der Waals surface area contributed by atoms with Crippen LogP contribution in [0.25, 0.3) is 6.08 Å². The summed E-state index contributed by atoms with van der Waals surface area (Å²) in [6, 6.07) is 11.3. The fourth-order valence-electron chi connectivity index (χ4n) is 2.64. The molecule has 5 nitrogen and oxygen atoms in total. The second-order valence-electron chi connectivity index (χ2n) is 5.86. The Bertz CT molecular complexity index is 910. The van der Waals surface area contributed by atoms with Crippen LogP contribution < -0.4 is 14.8 Å². The summed E-state index contributed by atoms with van der Waals surface area (Å²) in [6.07, 6.45) is 1.55. The lowest BCUT2D eigenvalue weighted by Gasteiger charge is -2.13. The first-order valence-electron chi connectivity index (χ1n) is 8.41. The average Bonchev–Trinajstić information content (AvgIpc) is 2.63. The van der Waals surface area contributed by atoms with Crippen LogP contribution in [0.5, 0.6) is 11.5 Å². The van der Waals surface area contributed by atoms with E-state index >= 15 is 0 Å². The highest BCUT2D eigenvalue weighted by Crippen LogP contribution is 2.34. The second kappa shape index (κ2) is 9.42. The summed E-state index contributed by atoms with van der Waals surface area (Å²) in [5, 5.41) is 12.3. The number of benzene rings is 2. The highest BCUT2D eigenvalue weighted by Gasteiger charge is 2.15. The molecule has 0 heterocycles. The van der Waals surface area contributed by atoms with Crippen LogP contribution in [0, 0.1) is 28.7 Å². The van der Waals surface area contributed by atoms with Gasteiger partial charge in [0.05, 0.1) is 17.3 Å². The van der Waals surface area contributed by atoms with E-state index in [-0.39, 0.29) is 5.57 Å². The maximum atomic E-state index is 12.6. The molecule has 0 fully saturated rings. The van der Waals surface area contributed by atoms with Crippen LogP contribution >= 0.6 is 22.6 Å². The standard InChI is InChI=1S/C21H21IN2O3/c1-5-27-18-11-15(10-17(22)20(18)26-4)9-16(12-23)21(25)24-19-13(2)7-6-8-14(19)3/h6-11H,5H2,1-4H3,(H,24,25)/b16-9-. The molecule has 0 radical (unpaired) electrons. The molecule has 1 N–H and O–H groups in total. The van der Waals surface area contributed by atoms with Crippen LogP contribution in [-0.2, 0) is 4.79 Å². The van der Waals surface area contributed by atoms with Gasteiger partial charge in [-0.1, -0.05) is 18.2 Å². The number of rotatable bonds is 6. The van der Waals surface area contributed by atoms with Crippen molar-refractivity contribution in [2.24, 2.45) is 0 Å². The molecule has 1 amide bonds. The number of hydrogen-bond donors (Lipinski definition) is 1. The summed E-state index contributed by atoms with van der Waals surface area (Å²) in [7, 11) is 1.58. The Hall–Kier alpha value is -2.53. The third kappa shape index (κ3) is 5.01. The number of halogens is 1. The maximum absolute atomic E-state index is 12.6. The molecule has 6 heteroatoms. The van der Waals surface area contributed by atoms with E-state index in [2.05, 4.69) is 27.9 Å². The van der Waals surface area contributed by atoms with Crippen LogP contribution in [0.3, 0.4) is 0 Å². The SMILES string of the molecule is CCOc1cc(/C=C(/C#N)C(=O)Nc2c(C)cccc2C)cc(I)c1OC. The lowest BCUT2D eigenvalue weighted by molar-refractivity contribution is -0.112. The van der Waals surface area contributed by atoms with E-state index in [1.165, 1.54) is 0 Å². The van der Waals surface area contributed by atoms with Gasteiger partial charge in [0.25, 0.3) is 5.91 Å². The van der Waals surface area contributed by atoms with Crippen molar-refractivity contribution in [2.45, 2.75) is 20.8 Å². The molecule has 0 aliphatic heterocycles. The summed E-state index contributed by atoms with van der Waals surface area (Å²) in [6.45, 7) is 6.20. The molecule has 27 heavy (non-hydrogen) atoms. The van der Waals surface area contributed by atoms with E-state index in [4.69, 9.17) is 9.47 Å². The number of hydrogen-bond acceptors (Lipinski definition) is 4. The topological polar surface area (TPSA) is 71.3 Å². The third-order valence-corrected chi connectivity index (χ3v) is 4.73. The molecule has 0 spiro atoms. The minimum absolute atomic E-state index is 0.0149. The Labute approximate surface area is 173 Å². The van der Waals surface area contributed by atoms with Gasteiger partial charge in [-0.3, -0.25) is 4.79 Å². The number of amides is 1. The highest BCUT2D eigenvalue weighted by molar-refractivity contribution is 14.1. The Balaban J connectivity index is 2.38. The first-order valence-corrected chi connectivity index (χ1v) is 9.48. The van der Waals surface area contributed by atoms with Crippen LogP contribution in [0.15, 0.2) is 35.9 Å². The highest BCUT2D eigenvalue weighted by atomic mass is 127. The maximum Gasteiger partial charge on any atom is 0.266 e. The van der Waals surface area contributed by atoms with Crippen LogP contribution in [0.4, 0.5) is 5.69 Å². The van der Waals surface area contributed by atoms with Gasteiger partial charge in [0, 0.05) is 5.69 Å². The minimum atomic E-state index is -0.446. The molecule has 0 aliphatic carbocycles. The smallest absolute Gasteiger partial charge is 0.266 e. The summed E-state index contributed by atoms with van der Waals surface area (Å²) in [4.78, 5) is 12.6. The quantitative estimate of drug-likeness (QED) is 0.367. The summed E-state index contributed by atoms with van der Waals surface area (Å²) in [5.74, 6) is 0.761. The van der Waals surface area contributed by atoms with Crippen molar-refractivity contribution < 1.29 is 14.3 Å². The van der Waals surface area contributed by atoms with Gasteiger partial charge in [-0.2, -0.15) is 5.26 Å². The Morgan fingerprint density at radius 1 is 1.30 bits per heavy atom. The van der Waals surface area contributed by atoms with Gasteiger partial charge in [-0.05, 0) is 78.3 Å². The molecule has 0 bridgehead atoms. The molecule has 0 aromatic heterocycles. The number of carbonyl (C=O) groups is 1. The number of ether oxygens (including phenoxy) is 2. The molecular formula is C21H21IN2O3. The molecule has 2 aromatic carbocycles. The van der Waals surface area contributed by atoms with E-state index in [0.717, 1.165) is 20.4 Å². The van der Waals surface area contributed by atoms with Crippen molar-refractivity contribution in [3.05, 3.63) is 56.2 Å². The summed E-state index contributed by atoms with van der Waals surface area (Å²) < 4.78 is 11.8. The van der Waals surface area contributed by atoms with Crippen molar-refractivity contribution in [1.82, 2.24) is 0 Å². The fourth-order valence-corrected chi connectivity index (χ4v) is 3.49. The second-order valence-corrected chi connectivity index (χ2v) is 7.02. The Morgan fingerprint density at radius 2 is 1.96 bits per heavy atom. The number of carbonyl (C=O) groups excluding carboxylic acids is 1. The predicted molar refractivity (Wildman–Crippen MR) is 115 cm³/mol. The normalized spacial score (nSPS) is 10.9. The lowest BCUT2D eigenvalue weighted by atomic mass is 10.1. The molecule has 0 aliphatic rings. The molecule has 0 unspecified atom stereocenters. The van der Waals surface area contributed by atoms with Crippen LogP contribution in [0.2, 0.25) is 0 Å². The number of nitrogens with one attached hydrogen (secondary N) is 1. The lowest BCUT2D eigenvalue weighted by Crippen LogP contribution is -2.15.